The number of anilines is 1. The van der Waals surface area contributed by atoms with Crippen LogP contribution in [-0.2, 0) is 14.8 Å². The van der Waals surface area contributed by atoms with Crippen LogP contribution in [0, 0.1) is 5.82 Å². The van der Waals surface area contributed by atoms with Crippen molar-refractivity contribution in [1.82, 2.24) is 4.31 Å². The fourth-order valence-corrected chi connectivity index (χ4v) is 4.61. The molecule has 0 bridgehead atoms. The Labute approximate surface area is 179 Å². The minimum Gasteiger partial charge on any atom is -0.489 e. The molecule has 10 heteroatoms. The zero-order valence-electron chi connectivity index (χ0n) is 16.5. The molecule has 1 amide bonds. The molecular formula is C20H22ClFN2O5S. The minimum absolute atomic E-state index is 0.0148. The first-order valence-corrected chi connectivity index (χ1v) is 11.2. The van der Waals surface area contributed by atoms with E-state index in [1.807, 2.05) is 0 Å². The van der Waals surface area contributed by atoms with Gasteiger partial charge in [0.05, 0.1) is 40.5 Å². The molecule has 1 aliphatic heterocycles. The molecule has 0 aromatic heterocycles. The average molecular weight is 457 g/mol. The van der Waals surface area contributed by atoms with E-state index in [0.717, 1.165) is 12.1 Å². The number of carbonyl (C=O) groups is 1. The van der Waals surface area contributed by atoms with E-state index in [9.17, 15) is 17.6 Å². The third-order valence-electron chi connectivity index (χ3n) is 4.35. The molecule has 0 aliphatic carbocycles. The van der Waals surface area contributed by atoms with Gasteiger partial charge in [0.1, 0.15) is 11.6 Å². The molecule has 3 rings (SSSR count). The molecule has 0 atom stereocenters. The smallest absolute Gasteiger partial charge is 0.257 e. The average Bonchev–Trinajstić information content (AvgIpc) is 2.69. The predicted molar refractivity (Wildman–Crippen MR) is 111 cm³/mol. The van der Waals surface area contributed by atoms with E-state index in [2.05, 4.69) is 5.32 Å². The summed E-state index contributed by atoms with van der Waals surface area (Å²) >= 11 is 5.97. The summed E-state index contributed by atoms with van der Waals surface area (Å²) in [6.07, 6.45) is -0.211. The number of carbonyl (C=O) groups excluding carboxylic acids is 1. The number of benzene rings is 2. The maximum atomic E-state index is 13.3. The van der Waals surface area contributed by atoms with Gasteiger partial charge in [-0.1, -0.05) is 11.6 Å². The molecule has 1 N–H and O–H groups in total. The lowest BCUT2D eigenvalue weighted by atomic mass is 10.2. The summed E-state index contributed by atoms with van der Waals surface area (Å²) in [5, 5.41) is 2.57. The Bertz CT molecular complexity index is 1040. The molecule has 1 heterocycles. The second-order valence-corrected chi connectivity index (χ2v) is 9.26. The SMILES string of the molecule is CC(C)Oc1ccc(S(=O)(=O)N2CCOCC2)cc1NC(=O)c1ccc(F)cc1Cl. The van der Waals surface area contributed by atoms with Crippen LogP contribution in [0.2, 0.25) is 5.02 Å². The first-order chi connectivity index (χ1) is 14.2. The Balaban J connectivity index is 1.96. The number of ether oxygens (including phenoxy) is 2. The molecule has 7 nitrogen and oxygen atoms in total. The number of hydrogen-bond donors (Lipinski definition) is 1. The van der Waals surface area contributed by atoms with Crippen molar-refractivity contribution < 1.29 is 27.1 Å². The van der Waals surface area contributed by atoms with Crippen molar-refractivity contribution in [2.75, 3.05) is 31.6 Å². The minimum atomic E-state index is -3.77. The molecule has 0 radical (unpaired) electrons. The van der Waals surface area contributed by atoms with Crippen LogP contribution in [0.5, 0.6) is 5.75 Å². The highest BCUT2D eigenvalue weighted by Crippen LogP contribution is 2.31. The standard InChI is InChI=1S/C20H22ClFN2O5S/c1-13(2)29-19-6-4-15(30(26,27)24-7-9-28-10-8-24)12-18(19)23-20(25)16-5-3-14(22)11-17(16)21/h3-6,11-13H,7-10H2,1-2H3,(H,23,25). The number of hydrogen-bond acceptors (Lipinski definition) is 5. The highest BCUT2D eigenvalue weighted by atomic mass is 35.5. The first kappa shape index (κ1) is 22.5. The van der Waals surface area contributed by atoms with Gasteiger partial charge in [0.2, 0.25) is 10.0 Å². The molecule has 2 aromatic carbocycles. The fourth-order valence-electron chi connectivity index (χ4n) is 2.92. The number of nitrogens with one attached hydrogen (secondary N) is 1. The van der Waals surface area contributed by atoms with Crippen molar-refractivity contribution in [3.05, 3.63) is 52.8 Å². The van der Waals surface area contributed by atoms with Crippen LogP contribution in [0.1, 0.15) is 24.2 Å². The Morgan fingerprint density at radius 1 is 1.20 bits per heavy atom. The van der Waals surface area contributed by atoms with E-state index >= 15 is 0 Å². The van der Waals surface area contributed by atoms with Crippen LogP contribution in [0.4, 0.5) is 10.1 Å². The first-order valence-electron chi connectivity index (χ1n) is 9.33. The van der Waals surface area contributed by atoms with E-state index in [-0.39, 0.29) is 40.4 Å². The summed E-state index contributed by atoms with van der Waals surface area (Å²) in [5.74, 6) is -0.883. The van der Waals surface area contributed by atoms with E-state index in [1.54, 1.807) is 13.8 Å². The summed E-state index contributed by atoms with van der Waals surface area (Å²) in [4.78, 5) is 12.7. The zero-order chi connectivity index (χ0) is 21.9. The molecule has 1 saturated heterocycles. The molecular weight excluding hydrogens is 435 g/mol. The highest BCUT2D eigenvalue weighted by Gasteiger charge is 2.27. The topological polar surface area (TPSA) is 84.9 Å². The Morgan fingerprint density at radius 3 is 2.53 bits per heavy atom. The molecule has 1 aliphatic rings. The normalized spacial score (nSPS) is 15.2. The number of amides is 1. The molecule has 0 unspecified atom stereocenters. The van der Waals surface area contributed by atoms with E-state index in [0.29, 0.717) is 19.0 Å². The van der Waals surface area contributed by atoms with Gasteiger partial charge in [0, 0.05) is 13.1 Å². The maximum absolute atomic E-state index is 13.3. The summed E-state index contributed by atoms with van der Waals surface area (Å²) in [5.41, 5.74) is 0.221. The van der Waals surface area contributed by atoms with Gasteiger partial charge in [-0.05, 0) is 50.2 Å². The van der Waals surface area contributed by atoms with Crippen LogP contribution in [0.15, 0.2) is 41.3 Å². The number of morpholine rings is 1. The maximum Gasteiger partial charge on any atom is 0.257 e. The van der Waals surface area contributed by atoms with Crippen molar-refractivity contribution in [3.8, 4) is 5.75 Å². The third kappa shape index (κ3) is 5.10. The Kier molecular flexibility index (Phi) is 6.97. The summed E-state index contributed by atoms with van der Waals surface area (Å²) in [6, 6.07) is 7.67. The van der Waals surface area contributed by atoms with Gasteiger partial charge in [-0.2, -0.15) is 4.31 Å². The molecule has 1 fully saturated rings. The largest absolute Gasteiger partial charge is 0.489 e. The van der Waals surface area contributed by atoms with E-state index < -0.39 is 21.7 Å². The molecule has 162 valence electrons. The number of sulfonamides is 1. The summed E-state index contributed by atoms with van der Waals surface area (Å²) in [7, 11) is -3.77. The number of nitrogens with zero attached hydrogens (tertiary/aromatic N) is 1. The summed E-state index contributed by atoms with van der Waals surface area (Å²) in [6.45, 7) is 4.75. The van der Waals surface area contributed by atoms with Crippen LogP contribution in [0.25, 0.3) is 0 Å². The van der Waals surface area contributed by atoms with Crippen molar-refractivity contribution >= 4 is 33.2 Å². The fraction of sp³-hybridized carbons (Fsp3) is 0.350. The van der Waals surface area contributed by atoms with E-state index in [4.69, 9.17) is 21.1 Å². The van der Waals surface area contributed by atoms with Gasteiger partial charge in [-0.15, -0.1) is 0 Å². The molecule has 0 spiro atoms. The molecule has 30 heavy (non-hydrogen) atoms. The molecule has 2 aromatic rings. The predicted octanol–water partition coefficient (Wildman–Crippen LogP) is 3.54. The van der Waals surface area contributed by atoms with Gasteiger partial charge in [0.25, 0.3) is 5.91 Å². The second-order valence-electron chi connectivity index (χ2n) is 6.92. The zero-order valence-corrected chi connectivity index (χ0v) is 18.1. The highest BCUT2D eigenvalue weighted by molar-refractivity contribution is 7.89. The van der Waals surface area contributed by atoms with E-state index in [1.165, 1.54) is 28.6 Å². The second kappa shape index (κ2) is 9.30. The lowest BCUT2D eigenvalue weighted by molar-refractivity contribution is 0.0730. The lowest BCUT2D eigenvalue weighted by Gasteiger charge is -2.26. The quantitative estimate of drug-likeness (QED) is 0.718. The Hall–Kier alpha value is -2.20. The Morgan fingerprint density at radius 2 is 1.90 bits per heavy atom. The van der Waals surface area contributed by atoms with Crippen molar-refractivity contribution in [2.24, 2.45) is 0 Å². The number of rotatable bonds is 6. The molecule has 0 saturated carbocycles. The lowest BCUT2D eigenvalue weighted by Crippen LogP contribution is -2.40. The monoisotopic (exact) mass is 456 g/mol. The number of halogens is 2. The summed E-state index contributed by atoms with van der Waals surface area (Å²) < 4.78 is 51.5. The van der Waals surface area contributed by atoms with Gasteiger partial charge in [-0.25, -0.2) is 12.8 Å². The van der Waals surface area contributed by atoms with Crippen LogP contribution < -0.4 is 10.1 Å². The van der Waals surface area contributed by atoms with Crippen molar-refractivity contribution in [2.45, 2.75) is 24.8 Å². The van der Waals surface area contributed by atoms with Crippen LogP contribution in [-0.4, -0.2) is 51.0 Å². The van der Waals surface area contributed by atoms with Gasteiger partial charge < -0.3 is 14.8 Å². The van der Waals surface area contributed by atoms with Crippen molar-refractivity contribution in [3.63, 3.8) is 0 Å². The van der Waals surface area contributed by atoms with Crippen LogP contribution >= 0.6 is 11.6 Å². The third-order valence-corrected chi connectivity index (χ3v) is 6.55. The van der Waals surface area contributed by atoms with Crippen LogP contribution in [0.3, 0.4) is 0 Å². The van der Waals surface area contributed by atoms with Gasteiger partial charge in [0.15, 0.2) is 0 Å². The van der Waals surface area contributed by atoms with Gasteiger partial charge in [-0.3, -0.25) is 4.79 Å². The van der Waals surface area contributed by atoms with Gasteiger partial charge >= 0.3 is 0 Å². The van der Waals surface area contributed by atoms with Crippen molar-refractivity contribution in [1.29, 1.82) is 0 Å².